The van der Waals surface area contributed by atoms with E-state index in [2.05, 4.69) is 7.36 Å². The molecule has 0 saturated carbocycles. The second-order valence-electron chi connectivity index (χ2n) is 4.19. The van der Waals surface area contributed by atoms with Crippen molar-refractivity contribution in [2.45, 2.75) is 0 Å². The molecule has 2 aromatic carbocycles. The average molecular weight is 460 g/mol. The molecule has 90 valence electrons. The van der Waals surface area contributed by atoms with Gasteiger partial charge in [-0.3, -0.25) is 0 Å². The van der Waals surface area contributed by atoms with E-state index in [1.165, 1.54) is 0 Å². The molecule has 0 aliphatic heterocycles. The molecular weight excluding hydrogens is 452 g/mol. The number of hydrogen-bond acceptors (Lipinski definition) is 2. The zero-order chi connectivity index (χ0) is 13.4. The van der Waals surface area contributed by atoms with E-state index in [-0.39, 0.29) is 0 Å². The van der Waals surface area contributed by atoms with Gasteiger partial charge in [-0.15, -0.1) is 0 Å². The van der Waals surface area contributed by atoms with E-state index in [4.69, 9.17) is 11.6 Å². The predicted molar refractivity (Wildman–Crippen MR) is 76.7 cm³/mol. The number of nitrogens with zero attached hydrogens (tertiary/aromatic N) is 2. The van der Waals surface area contributed by atoms with Crippen LogP contribution in [0.3, 0.4) is 0 Å². The number of carbonyl (C=O) groups excluding carboxylic acids is 1. The summed E-state index contributed by atoms with van der Waals surface area (Å²) < 4.78 is 2.10. The molecule has 0 aliphatic carbocycles. The van der Waals surface area contributed by atoms with E-state index < -0.39 is 0 Å². The van der Waals surface area contributed by atoms with Crippen molar-refractivity contribution in [3.63, 3.8) is 0 Å². The van der Waals surface area contributed by atoms with E-state index in [9.17, 15) is 4.79 Å². The molecule has 0 N–H and O–H groups in total. The van der Waals surface area contributed by atoms with Crippen molar-refractivity contribution >= 4 is 55.0 Å². The summed E-state index contributed by atoms with van der Waals surface area (Å²) >= 11 is 7.11. The summed E-state index contributed by atoms with van der Waals surface area (Å²) in [5, 5.41) is 0.663. The van der Waals surface area contributed by atoms with Gasteiger partial charge in [-0.05, 0) is 0 Å². The molecule has 19 heavy (non-hydrogen) atoms. The van der Waals surface area contributed by atoms with Crippen molar-refractivity contribution in [3.05, 3.63) is 53.3 Å². The Morgan fingerprint density at radius 1 is 1.16 bits per heavy atom. The van der Waals surface area contributed by atoms with Crippen LogP contribution in [0.4, 0.5) is 0 Å². The zero-order valence-corrected chi connectivity index (χ0v) is 15.1. The fourth-order valence-corrected chi connectivity index (χ4v) is 3.42. The molecule has 0 fully saturated rings. The minimum atomic E-state index is 0.658. The van der Waals surface area contributed by atoms with Crippen LogP contribution in [0, 0.1) is 0 Å². The topological polar surface area (TPSA) is 34.9 Å². The first kappa shape index (κ1) is 12.8. The van der Waals surface area contributed by atoms with Crippen LogP contribution < -0.4 is 0 Å². The van der Waals surface area contributed by atoms with Crippen molar-refractivity contribution in [2.24, 2.45) is 0 Å². The Kier molecular flexibility index (Phi) is 3.41. The van der Waals surface area contributed by atoms with Crippen LogP contribution in [-0.4, -0.2) is 39.7 Å². The molecule has 3 aromatic rings. The van der Waals surface area contributed by atoms with Crippen molar-refractivity contribution in [3.8, 4) is 11.1 Å². The first-order valence-electron chi connectivity index (χ1n) is 5.67. The second-order valence-corrected chi connectivity index (χ2v) is 6.73. The van der Waals surface area contributed by atoms with Gasteiger partial charge in [0.1, 0.15) is 0 Å². The normalized spacial score (nSPS) is 10.7. The molecule has 5 heteroatoms. The number of aromatic nitrogens is 2. The SMILES string of the molecule is O=Cc1ccc(-c2ccc3c(nc[n]3[Tl])c2Cl)cc1. The van der Waals surface area contributed by atoms with E-state index >= 15 is 0 Å². The summed E-state index contributed by atoms with van der Waals surface area (Å²) in [6.07, 6.45) is 2.65. The van der Waals surface area contributed by atoms with Crippen LogP contribution >= 0.6 is 11.6 Å². The third-order valence-corrected chi connectivity index (χ3v) is 5.02. The van der Waals surface area contributed by atoms with E-state index in [1.807, 2.05) is 30.6 Å². The molecule has 1 aromatic heterocycles. The van der Waals surface area contributed by atoms with Crippen LogP contribution in [0.2, 0.25) is 5.02 Å². The maximum atomic E-state index is 10.7. The van der Waals surface area contributed by atoms with Crippen LogP contribution in [-0.2, 0) is 0 Å². The minimum absolute atomic E-state index is 0.658. The number of carbonyl (C=O) groups is 1. The van der Waals surface area contributed by atoms with Crippen LogP contribution in [0.5, 0.6) is 0 Å². The summed E-state index contributed by atoms with van der Waals surface area (Å²) in [6.45, 7) is 0. The summed E-state index contributed by atoms with van der Waals surface area (Å²) in [4.78, 5) is 15.0. The number of aldehydes is 1. The fourth-order valence-electron chi connectivity index (χ4n) is 2.03. The quantitative estimate of drug-likeness (QED) is 0.436. The summed E-state index contributed by atoms with van der Waals surface area (Å²) in [6, 6.07) is 11.4. The number of fused-ring (bicyclic) bond motifs is 1. The van der Waals surface area contributed by atoms with Gasteiger partial charge in [0.15, 0.2) is 0 Å². The van der Waals surface area contributed by atoms with E-state index in [0.29, 0.717) is 36.7 Å². The van der Waals surface area contributed by atoms with Crippen molar-refractivity contribution in [2.75, 3.05) is 0 Å². The van der Waals surface area contributed by atoms with Gasteiger partial charge in [-0.2, -0.15) is 0 Å². The van der Waals surface area contributed by atoms with Gasteiger partial charge in [-0.25, -0.2) is 0 Å². The molecule has 0 amide bonds. The Hall–Kier alpha value is -1.21. The van der Waals surface area contributed by atoms with Crippen molar-refractivity contribution in [1.29, 1.82) is 0 Å². The molecule has 0 atom stereocenters. The Morgan fingerprint density at radius 2 is 1.89 bits per heavy atom. The molecule has 0 spiro atoms. The molecular formula is C14H8ClN2OTl. The summed E-state index contributed by atoms with van der Waals surface area (Å²) in [7, 11) is 0. The number of imidazole rings is 1. The number of hydrogen-bond donors (Lipinski definition) is 0. The van der Waals surface area contributed by atoms with Gasteiger partial charge in [0.25, 0.3) is 0 Å². The first-order valence-corrected chi connectivity index (χ1v) is 8.05. The Labute approximate surface area is 131 Å². The first-order chi connectivity index (χ1) is 9.20. The van der Waals surface area contributed by atoms with E-state index in [0.717, 1.165) is 28.4 Å². The molecule has 0 saturated heterocycles. The van der Waals surface area contributed by atoms with Crippen LogP contribution in [0.25, 0.3) is 22.2 Å². The Balaban J connectivity index is 2.18. The molecule has 0 bridgehead atoms. The van der Waals surface area contributed by atoms with Gasteiger partial charge < -0.3 is 0 Å². The summed E-state index contributed by atoms with van der Waals surface area (Å²) in [5.41, 5.74) is 4.49. The average Bonchev–Trinajstić information content (AvgIpc) is 2.82. The number of halogens is 1. The third kappa shape index (κ3) is 2.21. The number of rotatable bonds is 2. The maximum absolute atomic E-state index is 10.7. The van der Waals surface area contributed by atoms with Crippen LogP contribution in [0.15, 0.2) is 42.7 Å². The molecule has 3 rings (SSSR count). The third-order valence-electron chi connectivity index (χ3n) is 3.04. The van der Waals surface area contributed by atoms with Crippen molar-refractivity contribution in [1.82, 2.24) is 7.36 Å². The number of benzene rings is 2. The van der Waals surface area contributed by atoms with Crippen molar-refractivity contribution < 1.29 is 4.79 Å². The fraction of sp³-hybridized carbons (Fsp3) is 0. The molecule has 0 radical (unpaired) electrons. The van der Waals surface area contributed by atoms with Gasteiger partial charge >= 0.3 is 132 Å². The van der Waals surface area contributed by atoms with Gasteiger partial charge in [-0.1, -0.05) is 0 Å². The zero-order valence-electron chi connectivity index (χ0n) is 9.88. The summed E-state index contributed by atoms with van der Waals surface area (Å²) in [5.74, 6) is 0. The van der Waals surface area contributed by atoms with Gasteiger partial charge in [0, 0.05) is 0 Å². The molecule has 0 aliphatic rings. The van der Waals surface area contributed by atoms with Gasteiger partial charge in [0.05, 0.1) is 0 Å². The van der Waals surface area contributed by atoms with E-state index in [1.54, 1.807) is 12.1 Å². The van der Waals surface area contributed by atoms with Gasteiger partial charge in [0.2, 0.25) is 0 Å². The molecule has 1 heterocycles. The standard InChI is InChI=1S/C14H9ClN2O.Tl/c15-13-11(5-6-12-14(13)17-8-16-12)10-3-1-9(7-18)2-4-10;/h1-8H,(H,16,17,18);/q;+1/p-1. The molecule has 3 nitrogen and oxygen atoms in total. The monoisotopic (exact) mass is 460 g/mol. The Bertz CT molecular complexity index is 765. The molecule has 0 unspecified atom stereocenters. The second kappa shape index (κ2) is 5.05. The predicted octanol–water partition coefficient (Wildman–Crippen LogP) is 3.10. The Morgan fingerprint density at radius 3 is 2.58 bits per heavy atom. The van der Waals surface area contributed by atoms with Crippen LogP contribution in [0.1, 0.15) is 10.4 Å².